The predicted octanol–water partition coefficient (Wildman–Crippen LogP) is 0.839. The van der Waals surface area contributed by atoms with Gasteiger partial charge < -0.3 is 14.9 Å². The molecule has 3 aliphatic carbocycles. The number of hydrogen-bond donors (Lipinski definition) is 4. The van der Waals surface area contributed by atoms with E-state index in [1.165, 1.54) is 12.4 Å². The summed E-state index contributed by atoms with van der Waals surface area (Å²) in [5, 5.41) is 30.0. The number of aliphatic hydroxyl groups is 2. The van der Waals surface area contributed by atoms with Crippen LogP contribution in [0, 0.1) is 10.8 Å². The third-order valence-corrected chi connectivity index (χ3v) is 5.76. The van der Waals surface area contributed by atoms with Gasteiger partial charge >= 0.3 is 6.09 Å². The highest BCUT2D eigenvalue weighted by Crippen LogP contribution is 2.65. The molecule has 23 heavy (non-hydrogen) atoms. The van der Waals surface area contributed by atoms with Crippen LogP contribution in [-0.4, -0.2) is 45.6 Å². The molecule has 7 nitrogen and oxygen atoms in total. The molecule has 3 atom stereocenters. The molecule has 7 heteroatoms. The highest BCUT2D eigenvalue weighted by molar-refractivity contribution is 6.09. The maximum atomic E-state index is 12.7. The molecule has 1 amide bonds. The van der Waals surface area contributed by atoms with Crippen LogP contribution in [0.1, 0.15) is 33.6 Å². The SMILES string of the molecule is CC1=C2C(=C[C@@](C)(COC(=O)NO)[C@@H]2O)C(=O)[C@](C)(O)C12CC2. The van der Waals surface area contributed by atoms with Gasteiger partial charge in [-0.15, -0.1) is 0 Å². The number of aliphatic hydroxyl groups excluding tert-OH is 1. The molecule has 1 fully saturated rings. The van der Waals surface area contributed by atoms with E-state index < -0.39 is 34.4 Å². The smallest absolute Gasteiger partial charge is 0.431 e. The Bertz CT molecular complexity index is 657. The third kappa shape index (κ3) is 1.93. The fourth-order valence-electron chi connectivity index (χ4n) is 4.02. The maximum Gasteiger partial charge on any atom is 0.431 e. The van der Waals surface area contributed by atoms with Crippen LogP contribution in [0.2, 0.25) is 0 Å². The van der Waals surface area contributed by atoms with Gasteiger partial charge in [0.1, 0.15) is 12.2 Å². The van der Waals surface area contributed by atoms with Crippen molar-refractivity contribution in [1.29, 1.82) is 0 Å². The first-order chi connectivity index (χ1) is 10.6. The Hall–Kier alpha value is -1.70. The highest BCUT2D eigenvalue weighted by atomic mass is 16.6. The topological polar surface area (TPSA) is 116 Å². The van der Waals surface area contributed by atoms with Crippen LogP contribution in [0.25, 0.3) is 0 Å². The van der Waals surface area contributed by atoms with Crippen molar-refractivity contribution < 1.29 is 29.7 Å². The Morgan fingerprint density at radius 1 is 1.43 bits per heavy atom. The number of hydroxylamine groups is 1. The first-order valence-electron chi connectivity index (χ1n) is 7.57. The van der Waals surface area contributed by atoms with Crippen LogP contribution < -0.4 is 5.48 Å². The number of rotatable bonds is 2. The van der Waals surface area contributed by atoms with E-state index in [1.807, 2.05) is 6.92 Å². The number of hydrogen-bond acceptors (Lipinski definition) is 6. The number of ketones is 1. The Labute approximate surface area is 133 Å². The van der Waals surface area contributed by atoms with Gasteiger partial charge in [0.15, 0.2) is 5.78 Å². The maximum absolute atomic E-state index is 12.7. The quantitative estimate of drug-likeness (QED) is 0.442. The van der Waals surface area contributed by atoms with Crippen LogP contribution in [0.15, 0.2) is 22.8 Å². The van der Waals surface area contributed by atoms with Crippen LogP contribution in [0.5, 0.6) is 0 Å². The molecule has 3 aliphatic rings. The molecule has 0 heterocycles. The fraction of sp³-hybridized carbons (Fsp3) is 0.625. The van der Waals surface area contributed by atoms with E-state index >= 15 is 0 Å². The van der Waals surface area contributed by atoms with Crippen molar-refractivity contribution in [3.05, 3.63) is 22.8 Å². The second-order valence-corrected chi connectivity index (χ2v) is 7.18. The van der Waals surface area contributed by atoms with Crippen LogP contribution >= 0.6 is 0 Å². The van der Waals surface area contributed by atoms with Crippen LogP contribution in [0.4, 0.5) is 4.79 Å². The van der Waals surface area contributed by atoms with E-state index in [2.05, 4.69) is 0 Å². The van der Waals surface area contributed by atoms with E-state index in [0.717, 1.165) is 5.57 Å². The highest BCUT2D eigenvalue weighted by Gasteiger charge is 2.66. The molecule has 1 saturated carbocycles. The third-order valence-electron chi connectivity index (χ3n) is 5.76. The summed E-state index contributed by atoms with van der Waals surface area (Å²) in [6.07, 6.45) is 0.936. The molecule has 1 spiro atoms. The molecule has 0 radical (unpaired) electrons. The average molecular weight is 323 g/mol. The lowest BCUT2D eigenvalue weighted by Gasteiger charge is -2.39. The molecule has 0 aliphatic heterocycles. The second-order valence-electron chi connectivity index (χ2n) is 7.18. The largest absolute Gasteiger partial charge is 0.447 e. The molecule has 126 valence electrons. The zero-order valence-corrected chi connectivity index (χ0v) is 13.3. The summed E-state index contributed by atoms with van der Waals surface area (Å²) in [6.45, 7) is 4.83. The van der Waals surface area contributed by atoms with Gasteiger partial charge in [-0.05, 0) is 39.2 Å². The van der Waals surface area contributed by atoms with E-state index in [4.69, 9.17) is 9.94 Å². The van der Waals surface area contributed by atoms with E-state index in [9.17, 15) is 19.8 Å². The molecule has 0 aromatic heterocycles. The summed E-state index contributed by atoms with van der Waals surface area (Å²) < 4.78 is 4.84. The minimum Gasteiger partial charge on any atom is -0.447 e. The predicted molar refractivity (Wildman–Crippen MR) is 78.5 cm³/mol. The van der Waals surface area contributed by atoms with Gasteiger partial charge in [-0.25, -0.2) is 10.3 Å². The van der Waals surface area contributed by atoms with Gasteiger partial charge in [0.25, 0.3) is 0 Å². The first kappa shape index (κ1) is 16.2. The Kier molecular flexibility index (Phi) is 3.27. The molecular weight excluding hydrogens is 302 g/mol. The molecular formula is C16H21NO6. The van der Waals surface area contributed by atoms with E-state index in [1.54, 1.807) is 13.0 Å². The van der Waals surface area contributed by atoms with Crippen LogP contribution in [0.3, 0.4) is 0 Å². The zero-order chi connectivity index (χ0) is 17.2. The number of fused-ring (bicyclic) bond motifs is 1. The average Bonchev–Trinajstić information content (AvgIpc) is 3.27. The van der Waals surface area contributed by atoms with Gasteiger partial charge in [-0.1, -0.05) is 11.6 Å². The number of ether oxygens (including phenoxy) is 1. The Balaban J connectivity index is 2.02. The zero-order valence-electron chi connectivity index (χ0n) is 13.3. The summed E-state index contributed by atoms with van der Waals surface area (Å²) in [5.41, 5.74) is -0.0513. The summed E-state index contributed by atoms with van der Waals surface area (Å²) in [7, 11) is 0. The van der Waals surface area contributed by atoms with Gasteiger partial charge in [-0.3, -0.25) is 10.0 Å². The van der Waals surface area contributed by atoms with Crippen molar-refractivity contribution in [3.8, 4) is 0 Å². The molecule has 0 unspecified atom stereocenters. The minimum absolute atomic E-state index is 0.205. The summed E-state index contributed by atoms with van der Waals surface area (Å²) >= 11 is 0. The van der Waals surface area contributed by atoms with Crippen LogP contribution in [-0.2, 0) is 9.53 Å². The summed E-state index contributed by atoms with van der Waals surface area (Å²) in [4.78, 5) is 23.8. The molecule has 0 bridgehead atoms. The fourth-order valence-corrected chi connectivity index (χ4v) is 4.02. The standard InChI is InChI=1S/C16H21NO6/c1-8-10-9(11(18)15(3,21)16(8)4-5-16)6-14(2,12(10)19)7-23-13(20)17-22/h6,12,19,21-22H,4-5,7H2,1-3H3,(H,17,20)/t12-,14+,15+/m1/s1. The van der Waals surface area contributed by atoms with E-state index in [-0.39, 0.29) is 6.61 Å². The molecule has 3 rings (SSSR count). The monoisotopic (exact) mass is 323 g/mol. The lowest BCUT2D eigenvalue weighted by molar-refractivity contribution is -0.138. The van der Waals surface area contributed by atoms with E-state index in [0.29, 0.717) is 24.0 Å². The number of carbonyl (C=O) groups excluding carboxylic acids is 2. The van der Waals surface area contributed by atoms with Gasteiger partial charge in [0.2, 0.25) is 0 Å². The molecule has 0 aromatic carbocycles. The lowest BCUT2D eigenvalue weighted by Crippen LogP contribution is -2.50. The van der Waals surface area contributed by atoms with Crippen molar-refractivity contribution in [2.75, 3.05) is 6.61 Å². The molecule has 4 N–H and O–H groups in total. The Morgan fingerprint density at radius 3 is 2.57 bits per heavy atom. The number of Topliss-reactive ketones (excluding diaryl/α,β-unsaturated/α-hetero) is 1. The number of nitrogens with one attached hydrogen (secondary N) is 1. The van der Waals surface area contributed by atoms with Gasteiger partial charge in [-0.2, -0.15) is 0 Å². The van der Waals surface area contributed by atoms with Crippen molar-refractivity contribution in [3.63, 3.8) is 0 Å². The molecule has 0 aromatic rings. The van der Waals surface area contributed by atoms with Crippen molar-refractivity contribution in [2.45, 2.75) is 45.3 Å². The summed E-state index contributed by atoms with van der Waals surface area (Å²) in [5.74, 6) is -0.398. The number of amides is 1. The molecule has 0 saturated heterocycles. The van der Waals surface area contributed by atoms with Crippen molar-refractivity contribution in [2.24, 2.45) is 10.8 Å². The second kappa shape index (κ2) is 4.66. The minimum atomic E-state index is -1.49. The number of carbonyl (C=O) groups is 2. The summed E-state index contributed by atoms with van der Waals surface area (Å²) in [6, 6.07) is 0. The van der Waals surface area contributed by atoms with Gasteiger partial charge in [0.05, 0.1) is 11.5 Å². The normalized spacial score (nSPS) is 37.6. The lowest BCUT2D eigenvalue weighted by atomic mass is 9.67. The van der Waals surface area contributed by atoms with Crippen molar-refractivity contribution >= 4 is 11.9 Å². The van der Waals surface area contributed by atoms with Crippen molar-refractivity contribution in [1.82, 2.24) is 5.48 Å². The Morgan fingerprint density at radius 2 is 2.04 bits per heavy atom. The first-order valence-corrected chi connectivity index (χ1v) is 7.57. The van der Waals surface area contributed by atoms with Gasteiger partial charge in [0, 0.05) is 11.0 Å².